The van der Waals surface area contributed by atoms with E-state index in [2.05, 4.69) is 31.7 Å². The van der Waals surface area contributed by atoms with Gasteiger partial charge in [0.2, 0.25) is 0 Å². The van der Waals surface area contributed by atoms with Crippen molar-refractivity contribution in [3.8, 4) is 0 Å². The van der Waals surface area contributed by atoms with Crippen molar-refractivity contribution in [3.05, 3.63) is 95.1 Å². The Labute approximate surface area is 245 Å². The van der Waals surface area contributed by atoms with Crippen LogP contribution in [0.25, 0.3) is 0 Å². The number of halogens is 2. The maximum absolute atomic E-state index is 13.2. The van der Waals surface area contributed by atoms with Gasteiger partial charge in [-0.05, 0) is 105 Å². The number of aryl methyl sites for hydroxylation is 1. The Kier molecular flexibility index (Phi) is 9.77. The van der Waals surface area contributed by atoms with Crippen molar-refractivity contribution in [1.82, 2.24) is 15.8 Å². The summed E-state index contributed by atoms with van der Waals surface area (Å²) in [4.78, 5) is 26.8. The van der Waals surface area contributed by atoms with E-state index in [1.165, 1.54) is 59.6 Å². The monoisotopic (exact) mass is 593 g/mol. The minimum absolute atomic E-state index is 0.152. The molecule has 0 saturated carbocycles. The number of thiocarbonyl (C=S) groups is 2. The molecule has 0 aliphatic carbocycles. The fourth-order valence-electron chi connectivity index (χ4n) is 3.85. The normalized spacial score (nSPS) is 12.9. The second kappa shape index (κ2) is 13.6. The highest BCUT2D eigenvalue weighted by Gasteiger charge is 2.34. The highest BCUT2D eigenvalue weighted by atomic mass is 32.1. The molecule has 1 aliphatic rings. The fourth-order valence-corrected chi connectivity index (χ4v) is 4.18. The highest BCUT2D eigenvalue weighted by molar-refractivity contribution is 7.80. The van der Waals surface area contributed by atoms with Crippen LogP contribution in [0.1, 0.15) is 39.1 Å². The van der Waals surface area contributed by atoms with Crippen molar-refractivity contribution in [1.29, 1.82) is 0 Å². The number of hydrogen-bond acceptors (Lipinski definition) is 6. The van der Waals surface area contributed by atoms with Crippen LogP contribution in [0.15, 0.2) is 76.9 Å². The van der Waals surface area contributed by atoms with Crippen molar-refractivity contribution < 1.29 is 18.4 Å². The van der Waals surface area contributed by atoms with Crippen molar-refractivity contribution in [2.75, 3.05) is 17.2 Å². The van der Waals surface area contributed by atoms with Gasteiger partial charge in [-0.3, -0.25) is 25.3 Å². The van der Waals surface area contributed by atoms with Gasteiger partial charge < -0.3 is 10.6 Å². The molecule has 0 spiro atoms. The first-order valence-corrected chi connectivity index (χ1v) is 13.2. The minimum Gasteiger partial charge on any atom is -0.331 e. The third kappa shape index (κ3) is 8.19. The summed E-state index contributed by atoms with van der Waals surface area (Å²) in [6.07, 6.45) is 2.13. The van der Waals surface area contributed by atoms with Crippen LogP contribution in [0.5, 0.6) is 0 Å². The van der Waals surface area contributed by atoms with Crippen molar-refractivity contribution in [3.63, 3.8) is 0 Å². The second-order valence-corrected chi connectivity index (χ2v) is 9.74. The van der Waals surface area contributed by atoms with Crippen LogP contribution in [-0.4, -0.2) is 45.4 Å². The predicted octanol–water partition coefficient (Wildman–Crippen LogP) is 4.96. The first-order valence-electron chi connectivity index (χ1n) is 12.4. The highest BCUT2D eigenvalue weighted by Crippen LogP contribution is 2.24. The second-order valence-electron chi connectivity index (χ2n) is 8.92. The maximum atomic E-state index is 13.2. The van der Waals surface area contributed by atoms with E-state index >= 15 is 0 Å². The van der Waals surface area contributed by atoms with Gasteiger partial charge in [0.25, 0.3) is 11.8 Å². The molecule has 9 nitrogen and oxygen atoms in total. The number of rotatable bonds is 9. The molecular weight excluding hydrogens is 568 g/mol. The molecule has 210 valence electrons. The van der Waals surface area contributed by atoms with Gasteiger partial charge in [0, 0.05) is 17.9 Å². The van der Waals surface area contributed by atoms with Crippen LogP contribution >= 0.6 is 24.4 Å². The lowest BCUT2D eigenvalue weighted by Gasteiger charge is -2.13. The molecule has 1 heterocycles. The number of hydrazone groups is 2. The summed E-state index contributed by atoms with van der Waals surface area (Å²) in [5, 5.41) is 14.5. The maximum Gasteiger partial charge on any atom is 0.261 e. The number of nitrogens with one attached hydrogen (secondary N) is 4. The molecule has 0 unspecified atom stereocenters. The van der Waals surface area contributed by atoms with Gasteiger partial charge in [-0.1, -0.05) is 11.6 Å². The van der Waals surface area contributed by atoms with Gasteiger partial charge in [0.15, 0.2) is 10.2 Å². The van der Waals surface area contributed by atoms with Gasteiger partial charge >= 0.3 is 0 Å². The van der Waals surface area contributed by atoms with Crippen LogP contribution in [0, 0.1) is 18.6 Å². The lowest BCUT2D eigenvalue weighted by molar-refractivity contribution is 0.0653. The van der Waals surface area contributed by atoms with Crippen LogP contribution in [0.2, 0.25) is 0 Å². The van der Waals surface area contributed by atoms with Crippen molar-refractivity contribution in [2.45, 2.75) is 19.8 Å². The molecule has 0 aromatic heterocycles. The lowest BCUT2D eigenvalue weighted by Crippen LogP contribution is -2.31. The molecule has 0 bridgehead atoms. The van der Waals surface area contributed by atoms with Crippen molar-refractivity contribution >= 4 is 69.8 Å². The topological polar surface area (TPSA) is 110 Å². The quantitative estimate of drug-likeness (QED) is 0.119. The Morgan fingerprint density at radius 3 is 2.00 bits per heavy atom. The Morgan fingerprint density at radius 1 is 0.829 bits per heavy atom. The summed E-state index contributed by atoms with van der Waals surface area (Å²) in [5.41, 5.74) is 8.62. The Bertz CT molecular complexity index is 1530. The Morgan fingerprint density at radius 2 is 1.39 bits per heavy atom. The average Bonchev–Trinajstić information content (AvgIpc) is 3.18. The predicted molar refractivity (Wildman–Crippen MR) is 163 cm³/mol. The first-order chi connectivity index (χ1) is 19.7. The summed E-state index contributed by atoms with van der Waals surface area (Å²) >= 11 is 10.5. The molecule has 1 aliphatic heterocycles. The number of benzene rings is 3. The van der Waals surface area contributed by atoms with E-state index in [0.717, 1.165) is 5.56 Å². The zero-order chi connectivity index (χ0) is 29.4. The number of carbonyl (C=O) groups excluding carboxylic acids is 2. The smallest absolute Gasteiger partial charge is 0.261 e. The number of imide groups is 1. The molecule has 4 rings (SSSR count). The van der Waals surface area contributed by atoms with Gasteiger partial charge in [-0.2, -0.15) is 10.2 Å². The van der Waals surface area contributed by atoms with Crippen LogP contribution in [-0.2, 0) is 0 Å². The van der Waals surface area contributed by atoms with E-state index in [0.29, 0.717) is 41.1 Å². The molecule has 0 radical (unpaired) electrons. The summed E-state index contributed by atoms with van der Waals surface area (Å²) < 4.78 is 26.3. The molecule has 0 fully saturated rings. The lowest BCUT2D eigenvalue weighted by atomic mass is 10.1. The molecule has 2 amide bonds. The number of hydrogen-bond donors (Lipinski definition) is 4. The number of fused-ring (bicyclic) bond motifs is 1. The van der Waals surface area contributed by atoms with E-state index in [1.54, 1.807) is 18.2 Å². The summed E-state index contributed by atoms with van der Waals surface area (Å²) in [7, 11) is 0. The molecule has 0 saturated heterocycles. The van der Waals surface area contributed by atoms with Crippen molar-refractivity contribution in [2.24, 2.45) is 10.2 Å². The third-order valence-electron chi connectivity index (χ3n) is 5.83. The molecule has 13 heteroatoms. The van der Waals surface area contributed by atoms with Crippen LogP contribution in [0.3, 0.4) is 0 Å². The molecule has 4 N–H and O–H groups in total. The zero-order valence-electron chi connectivity index (χ0n) is 21.8. The molecule has 3 aromatic rings. The number of amides is 2. The van der Waals surface area contributed by atoms with Gasteiger partial charge in [-0.25, -0.2) is 8.78 Å². The van der Waals surface area contributed by atoms with E-state index in [1.807, 2.05) is 6.92 Å². The van der Waals surface area contributed by atoms with E-state index in [4.69, 9.17) is 24.4 Å². The van der Waals surface area contributed by atoms with Gasteiger partial charge in [0.05, 0.1) is 23.1 Å². The fraction of sp³-hybridized carbons (Fsp3) is 0.143. The Hall–Kier alpha value is -4.62. The summed E-state index contributed by atoms with van der Waals surface area (Å²) in [6.45, 7) is 2.04. The third-order valence-corrected chi connectivity index (χ3v) is 6.21. The molecule has 3 aromatic carbocycles. The number of anilines is 2. The van der Waals surface area contributed by atoms with Crippen LogP contribution < -0.4 is 21.5 Å². The first kappa shape index (κ1) is 29.4. The summed E-state index contributed by atoms with van der Waals surface area (Å²) in [6, 6.07) is 16.5. The van der Waals surface area contributed by atoms with Crippen LogP contribution in [0.4, 0.5) is 20.2 Å². The molecule has 41 heavy (non-hydrogen) atoms. The van der Waals surface area contributed by atoms with E-state index in [-0.39, 0.29) is 40.2 Å². The number of nitrogens with zero attached hydrogens (tertiary/aromatic N) is 3. The number of carbonyl (C=O) groups is 2. The molecule has 0 atom stereocenters. The standard InChI is InChI=1S/C28H25F2N7O2S2/c1-17-4-13-23-24(15-17)26(39)37(25(23)38)14-2-3-22(34-36-28(41)33-21-11-7-19(30)8-12-21)16-31-35-27(40)32-20-9-5-18(29)6-10-20/h4-13,15-16H,2-3,14H2,1H3,(H2,32,35,40)(H2,33,36,41)/b31-16+,34-22+. The zero-order valence-corrected chi connectivity index (χ0v) is 23.4. The van der Waals surface area contributed by atoms with Gasteiger partial charge in [-0.15, -0.1) is 0 Å². The Balaban J connectivity index is 1.37. The molecular formula is C28H25F2N7O2S2. The minimum atomic E-state index is -0.376. The summed E-state index contributed by atoms with van der Waals surface area (Å²) in [5.74, 6) is -1.41. The average molecular weight is 594 g/mol. The van der Waals surface area contributed by atoms with Gasteiger partial charge in [0.1, 0.15) is 11.6 Å². The van der Waals surface area contributed by atoms with E-state index < -0.39 is 0 Å². The largest absolute Gasteiger partial charge is 0.331 e. The SMILES string of the molecule is Cc1ccc2c(c1)C(=O)N(CCCC(/C=N/NC(=S)Nc1ccc(F)cc1)=N\NC(=S)Nc1ccc(F)cc1)C2=O. The van der Waals surface area contributed by atoms with E-state index in [9.17, 15) is 18.4 Å².